The van der Waals surface area contributed by atoms with Gasteiger partial charge in [0, 0.05) is 18.5 Å². The van der Waals surface area contributed by atoms with Crippen LogP contribution in [0.25, 0.3) is 16.6 Å². The van der Waals surface area contributed by atoms with Crippen molar-refractivity contribution in [1.29, 1.82) is 0 Å². The van der Waals surface area contributed by atoms with Gasteiger partial charge in [0.15, 0.2) is 5.82 Å². The lowest BCUT2D eigenvalue weighted by Gasteiger charge is -2.16. The summed E-state index contributed by atoms with van der Waals surface area (Å²) in [7, 11) is 0. The molecule has 0 radical (unpaired) electrons. The minimum Gasteiger partial charge on any atom is -0.319 e. The van der Waals surface area contributed by atoms with Gasteiger partial charge in [-0.2, -0.15) is 0 Å². The molecule has 0 saturated carbocycles. The van der Waals surface area contributed by atoms with Gasteiger partial charge in [0.25, 0.3) is 11.8 Å². The minimum atomic E-state index is -0.692. The third-order valence-electron chi connectivity index (χ3n) is 4.90. The van der Waals surface area contributed by atoms with E-state index in [1.807, 2.05) is 0 Å². The second kappa shape index (κ2) is 10.1. The van der Waals surface area contributed by atoms with Crippen LogP contribution < -0.4 is 16.2 Å². The zero-order valence-corrected chi connectivity index (χ0v) is 20.9. The van der Waals surface area contributed by atoms with Gasteiger partial charge in [-0.25, -0.2) is 4.98 Å². The van der Waals surface area contributed by atoms with E-state index in [2.05, 4.69) is 21.2 Å². The van der Waals surface area contributed by atoms with Crippen LogP contribution in [-0.2, 0) is 4.79 Å². The molecule has 4 rings (SSSR count). The highest BCUT2D eigenvalue weighted by atomic mass is 35.5. The molecule has 2 aromatic carbocycles. The molecule has 178 valence electrons. The Morgan fingerprint density at radius 2 is 1.63 bits per heavy atom. The van der Waals surface area contributed by atoms with E-state index in [-0.39, 0.29) is 43.0 Å². The van der Waals surface area contributed by atoms with Crippen LogP contribution in [0.1, 0.15) is 27.8 Å². The number of fused-ring (bicyclic) bond motifs is 1. The zero-order chi connectivity index (χ0) is 25.3. The number of nitrogens with zero attached hydrogens (tertiary/aromatic N) is 2. The number of hydrogen-bond acceptors (Lipinski definition) is 4. The standard InChI is InChI=1S/C23H15Cl4N5O3/c1-11(33)30-31-22(34)14-9-12-5-2-3-6-13(12)18(26)19(14)29-23(35)17-10-16(25)20(27)32(17)21-15(24)7-4-8-28-21/h2-10H,1H3,(H,29,35)(H,30,33)(H,31,34). The number of pyridine rings is 1. The average Bonchev–Trinajstić information content (AvgIpc) is 3.13. The molecule has 3 amide bonds. The van der Waals surface area contributed by atoms with Gasteiger partial charge in [-0.1, -0.05) is 70.7 Å². The second-order valence-electron chi connectivity index (χ2n) is 7.24. The summed E-state index contributed by atoms with van der Waals surface area (Å²) >= 11 is 25.5. The van der Waals surface area contributed by atoms with Crippen LogP contribution >= 0.6 is 46.4 Å². The second-order valence-corrected chi connectivity index (χ2v) is 8.79. The van der Waals surface area contributed by atoms with Crippen molar-refractivity contribution in [3.63, 3.8) is 0 Å². The van der Waals surface area contributed by atoms with Crippen molar-refractivity contribution in [3.05, 3.63) is 86.2 Å². The van der Waals surface area contributed by atoms with Gasteiger partial charge in [0.1, 0.15) is 10.8 Å². The fourth-order valence-corrected chi connectivity index (χ4v) is 4.31. The van der Waals surface area contributed by atoms with Gasteiger partial charge in [-0.05, 0) is 29.7 Å². The number of carbonyl (C=O) groups is 3. The normalized spacial score (nSPS) is 10.8. The molecule has 0 atom stereocenters. The van der Waals surface area contributed by atoms with Crippen molar-refractivity contribution in [2.75, 3.05) is 5.32 Å². The fraction of sp³-hybridized carbons (Fsp3) is 0.0435. The summed E-state index contributed by atoms with van der Waals surface area (Å²) in [5.74, 6) is -1.68. The molecule has 0 saturated heterocycles. The lowest BCUT2D eigenvalue weighted by molar-refractivity contribution is -0.119. The number of hydrogen-bond donors (Lipinski definition) is 3. The van der Waals surface area contributed by atoms with E-state index in [1.54, 1.807) is 42.5 Å². The first-order valence-corrected chi connectivity index (χ1v) is 11.5. The van der Waals surface area contributed by atoms with E-state index in [9.17, 15) is 14.4 Å². The molecule has 2 heterocycles. The maximum atomic E-state index is 13.4. The molecule has 8 nitrogen and oxygen atoms in total. The van der Waals surface area contributed by atoms with Gasteiger partial charge in [0.2, 0.25) is 5.91 Å². The summed E-state index contributed by atoms with van der Waals surface area (Å²) in [6.07, 6.45) is 1.48. The number of rotatable bonds is 4. The van der Waals surface area contributed by atoms with Crippen LogP contribution in [0.5, 0.6) is 0 Å². The number of aromatic nitrogens is 2. The summed E-state index contributed by atoms with van der Waals surface area (Å²) in [5.41, 5.74) is 4.53. The molecule has 0 spiro atoms. The highest BCUT2D eigenvalue weighted by Crippen LogP contribution is 2.36. The van der Waals surface area contributed by atoms with Crippen LogP contribution in [0.4, 0.5) is 5.69 Å². The minimum absolute atomic E-state index is 0.00181. The van der Waals surface area contributed by atoms with Crippen molar-refractivity contribution >= 4 is 80.6 Å². The Hall–Kier alpha value is -3.30. The molecule has 0 bridgehead atoms. The Morgan fingerprint density at radius 3 is 2.34 bits per heavy atom. The molecule has 0 aliphatic heterocycles. The molecular formula is C23H15Cl4N5O3. The van der Waals surface area contributed by atoms with Crippen molar-refractivity contribution in [2.45, 2.75) is 6.92 Å². The average molecular weight is 551 g/mol. The van der Waals surface area contributed by atoms with Crippen LogP contribution in [0.3, 0.4) is 0 Å². The van der Waals surface area contributed by atoms with Gasteiger partial charge in [-0.15, -0.1) is 0 Å². The summed E-state index contributed by atoms with van der Waals surface area (Å²) < 4.78 is 1.29. The van der Waals surface area contributed by atoms with Crippen molar-refractivity contribution < 1.29 is 14.4 Å². The number of carbonyl (C=O) groups excluding carboxylic acids is 3. The van der Waals surface area contributed by atoms with Crippen LogP contribution in [0.2, 0.25) is 20.2 Å². The number of amides is 3. The first-order valence-electron chi connectivity index (χ1n) is 9.96. The molecule has 4 aromatic rings. The Labute approximate surface area is 219 Å². The molecule has 0 aliphatic rings. The maximum Gasteiger partial charge on any atom is 0.272 e. The highest BCUT2D eigenvalue weighted by molar-refractivity contribution is 6.43. The summed E-state index contributed by atoms with van der Waals surface area (Å²) in [4.78, 5) is 41.8. The van der Waals surface area contributed by atoms with E-state index >= 15 is 0 Å². The molecule has 3 N–H and O–H groups in total. The Bertz CT molecular complexity index is 1500. The van der Waals surface area contributed by atoms with Crippen molar-refractivity contribution in [2.24, 2.45) is 0 Å². The molecule has 2 aromatic heterocycles. The predicted molar refractivity (Wildman–Crippen MR) is 137 cm³/mol. The number of anilines is 1. The van der Waals surface area contributed by atoms with Crippen LogP contribution in [-0.4, -0.2) is 27.3 Å². The Morgan fingerprint density at radius 1 is 0.886 bits per heavy atom. The summed E-state index contributed by atoms with van der Waals surface area (Å²) in [6.45, 7) is 1.24. The molecule has 0 aliphatic carbocycles. The molecular weight excluding hydrogens is 536 g/mol. The smallest absolute Gasteiger partial charge is 0.272 e. The van der Waals surface area contributed by atoms with Crippen LogP contribution in [0, 0.1) is 0 Å². The molecule has 0 fully saturated rings. The topological polar surface area (TPSA) is 105 Å². The Balaban J connectivity index is 1.82. The fourth-order valence-electron chi connectivity index (χ4n) is 3.37. The summed E-state index contributed by atoms with van der Waals surface area (Å²) in [5, 5.41) is 4.38. The number of nitrogens with one attached hydrogen (secondary N) is 3. The molecule has 35 heavy (non-hydrogen) atoms. The van der Waals surface area contributed by atoms with E-state index in [1.165, 1.54) is 23.8 Å². The van der Waals surface area contributed by atoms with E-state index in [4.69, 9.17) is 46.4 Å². The third-order valence-corrected chi connectivity index (χ3v) is 6.35. The van der Waals surface area contributed by atoms with Crippen LogP contribution in [0.15, 0.2) is 54.7 Å². The predicted octanol–water partition coefficient (Wildman–Crippen LogP) is 5.67. The SMILES string of the molecule is CC(=O)NNC(=O)c1cc2ccccc2c(Cl)c1NC(=O)c1cc(Cl)c(Cl)n1-c1ncccc1Cl. The Kier molecular flexibility index (Phi) is 7.18. The van der Waals surface area contributed by atoms with E-state index in [0.29, 0.717) is 10.8 Å². The van der Waals surface area contributed by atoms with Gasteiger partial charge in [-0.3, -0.25) is 29.8 Å². The number of hydrazine groups is 1. The third kappa shape index (κ3) is 4.92. The summed E-state index contributed by atoms with van der Waals surface area (Å²) in [6, 6.07) is 13.1. The first-order chi connectivity index (χ1) is 16.7. The van der Waals surface area contributed by atoms with E-state index in [0.717, 1.165) is 0 Å². The quantitative estimate of drug-likeness (QED) is 0.284. The number of halogens is 4. The van der Waals surface area contributed by atoms with Gasteiger partial charge < -0.3 is 5.32 Å². The largest absolute Gasteiger partial charge is 0.319 e. The lowest BCUT2D eigenvalue weighted by atomic mass is 10.0. The maximum absolute atomic E-state index is 13.4. The molecule has 0 unspecified atom stereocenters. The van der Waals surface area contributed by atoms with Crippen molar-refractivity contribution in [3.8, 4) is 5.82 Å². The van der Waals surface area contributed by atoms with Crippen molar-refractivity contribution in [1.82, 2.24) is 20.4 Å². The number of benzene rings is 2. The van der Waals surface area contributed by atoms with Gasteiger partial charge >= 0.3 is 0 Å². The molecule has 12 heteroatoms. The monoisotopic (exact) mass is 549 g/mol. The lowest BCUT2D eigenvalue weighted by Crippen LogP contribution is -2.40. The zero-order valence-electron chi connectivity index (χ0n) is 17.8. The van der Waals surface area contributed by atoms with E-state index < -0.39 is 17.7 Å². The van der Waals surface area contributed by atoms with Gasteiger partial charge in [0.05, 0.1) is 26.3 Å². The highest BCUT2D eigenvalue weighted by Gasteiger charge is 2.25. The first kappa shape index (κ1) is 24.8.